The van der Waals surface area contributed by atoms with Crippen LogP contribution in [-0.4, -0.2) is 5.11 Å². The van der Waals surface area contributed by atoms with Crippen LogP contribution in [0.5, 0.6) is 0 Å². The molecule has 1 fully saturated rings. The number of benzene rings is 1. The molecule has 0 saturated heterocycles. The Bertz CT molecular complexity index is 364. The molecule has 2 rings (SSSR count). The van der Waals surface area contributed by atoms with E-state index in [2.05, 4.69) is 0 Å². The fourth-order valence-corrected chi connectivity index (χ4v) is 2.41. The van der Waals surface area contributed by atoms with Crippen LogP contribution in [0.2, 0.25) is 10.0 Å². The number of hydrogen-bond donors (Lipinski definition) is 1. The van der Waals surface area contributed by atoms with Gasteiger partial charge in [-0.3, -0.25) is 0 Å². The Labute approximate surface area is 93.7 Å². The zero-order valence-electron chi connectivity index (χ0n) is 7.93. The molecule has 0 spiro atoms. The van der Waals surface area contributed by atoms with Gasteiger partial charge in [-0.05, 0) is 24.8 Å². The topological polar surface area (TPSA) is 20.2 Å². The maximum atomic E-state index is 10.3. The molecule has 1 aliphatic carbocycles. The van der Waals surface area contributed by atoms with Gasteiger partial charge in [0, 0.05) is 5.56 Å². The smallest absolute Gasteiger partial charge is 0.0936 e. The van der Waals surface area contributed by atoms with Gasteiger partial charge in [-0.15, -0.1) is 0 Å². The Balaban J connectivity index is 2.46. The highest BCUT2D eigenvalue weighted by Gasteiger charge is 2.44. The average molecular weight is 231 g/mol. The van der Waals surface area contributed by atoms with Crippen LogP contribution < -0.4 is 0 Å². The third-order valence-electron chi connectivity index (χ3n) is 3.19. The summed E-state index contributed by atoms with van der Waals surface area (Å²) in [4.78, 5) is 0. The van der Waals surface area contributed by atoms with Gasteiger partial charge in [0.15, 0.2) is 0 Å². The zero-order valence-corrected chi connectivity index (χ0v) is 9.44. The first-order valence-corrected chi connectivity index (χ1v) is 5.48. The van der Waals surface area contributed by atoms with Crippen molar-refractivity contribution in [2.24, 2.45) is 5.92 Å². The summed E-state index contributed by atoms with van der Waals surface area (Å²) in [5, 5.41) is 11.3. The van der Waals surface area contributed by atoms with Crippen LogP contribution in [0.3, 0.4) is 0 Å². The van der Waals surface area contributed by atoms with E-state index in [0.29, 0.717) is 10.0 Å². The highest BCUT2D eigenvalue weighted by molar-refractivity contribution is 6.42. The van der Waals surface area contributed by atoms with Gasteiger partial charge in [-0.2, -0.15) is 0 Å². The number of hydrogen-bond acceptors (Lipinski definition) is 1. The second-order valence-electron chi connectivity index (χ2n) is 3.97. The van der Waals surface area contributed by atoms with Gasteiger partial charge in [0.1, 0.15) is 0 Å². The molecule has 0 aliphatic heterocycles. The van der Waals surface area contributed by atoms with Crippen LogP contribution in [0.25, 0.3) is 0 Å². The quantitative estimate of drug-likeness (QED) is 0.782. The van der Waals surface area contributed by atoms with Crippen molar-refractivity contribution in [2.45, 2.75) is 25.4 Å². The molecule has 2 atom stereocenters. The van der Waals surface area contributed by atoms with Crippen LogP contribution in [-0.2, 0) is 5.60 Å². The normalized spacial score (nSPS) is 31.3. The second-order valence-corrected chi connectivity index (χ2v) is 4.75. The maximum Gasteiger partial charge on any atom is 0.0936 e. The molecule has 1 saturated carbocycles. The monoisotopic (exact) mass is 230 g/mol. The van der Waals surface area contributed by atoms with E-state index in [9.17, 15) is 5.11 Å². The van der Waals surface area contributed by atoms with E-state index in [1.807, 2.05) is 19.1 Å². The minimum Gasteiger partial charge on any atom is -0.385 e. The summed E-state index contributed by atoms with van der Waals surface area (Å²) in [7, 11) is 0. The van der Waals surface area contributed by atoms with Crippen LogP contribution in [0.15, 0.2) is 18.2 Å². The Morgan fingerprint density at radius 1 is 1.43 bits per heavy atom. The van der Waals surface area contributed by atoms with Crippen molar-refractivity contribution < 1.29 is 5.11 Å². The van der Waals surface area contributed by atoms with Gasteiger partial charge in [0.05, 0.1) is 15.6 Å². The van der Waals surface area contributed by atoms with E-state index in [1.165, 1.54) is 0 Å². The molecule has 1 aromatic rings. The van der Waals surface area contributed by atoms with Crippen LogP contribution in [0.1, 0.15) is 25.3 Å². The summed E-state index contributed by atoms with van der Waals surface area (Å²) in [5.41, 5.74) is 0.00698. The first-order valence-electron chi connectivity index (χ1n) is 4.72. The van der Waals surface area contributed by atoms with Crippen molar-refractivity contribution in [1.29, 1.82) is 0 Å². The lowest BCUT2D eigenvalue weighted by Crippen LogP contribution is -2.42. The third-order valence-corrected chi connectivity index (χ3v) is 4.01. The van der Waals surface area contributed by atoms with Crippen molar-refractivity contribution in [3.8, 4) is 0 Å². The molecule has 0 radical (unpaired) electrons. The second kappa shape index (κ2) is 3.41. The predicted octanol–water partition coefficient (Wildman–Crippen LogP) is 3.61. The molecule has 1 aromatic carbocycles. The average Bonchev–Trinajstić information content (AvgIpc) is 2.19. The fraction of sp³-hybridized carbons (Fsp3) is 0.455. The van der Waals surface area contributed by atoms with E-state index < -0.39 is 5.60 Å². The predicted molar refractivity (Wildman–Crippen MR) is 58.8 cm³/mol. The van der Waals surface area contributed by atoms with E-state index in [0.717, 1.165) is 18.4 Å². The standard InChI is InChI=1S/C11H12Cl2O/c1-7-5-6-11(7,14)8-3-2-4-9(12)10(8)13/h2-4,7,14H,5-6H2,1H3. The molecule has 0 amide bonds. The molecule has 76 valence electrons. The first-order chi connectivity index (χ1) is 6.55. The summed E-state index contributed by atoms with van der Waals surface area (Å²) in [6.07, 6.45) is 1.81. The Morgan fingerprint density at radius 3 is 2.64 bits per heavy atom. The van der Waals surface area contributed by atoms with E-state index in [4.69, 9.17) is 23.2 Å². The van der Waals surface area contributed by atoms with Gasteiger partial charge in [-0.25, -0.2) is 0 Å². The van der Waals surface area contributed by atoms with Crippen molar-refractivity contribution in [2.75, 3.05) is 0 Å². The lowest BCUT2D eigenvalue weighted by molar-refractivity contribution is -0.0929. The summed E-state index contributed by atoms with van der Waals surface area (Å²) in [6, 6.07) is 5.41. The fourth-order valence-electron chi connectivity index (χ4n) is 1.94. The van der Waals surface area contributed by atoms with Crippen molar-refractivity contribution >= 4 is 23.2 Å². The number of halogens is 2. The number of rotatable bonds is 1. The van der Waals surface area contributed by atoms with Gasteiger partial charge in [0.25, 0.3) is 0 Å². The Morgan fingerprint density at radius 2 is 2.14 bits per heavy atom. The molecule has 3 heteroatoms. The molecule has 1 aliphatic rings. The van der Waals surface area contributed by atoms with E-state index >= 15 is 0 Å². The Kier molecular flexibility index (Phi) is 2.50. The molecule has 0 bridgehead atoms. The Hall–Kier alpha value is -0.240. The van der Waals surface area contributed by atoms with Crippen LogP contribution >= 0.6 is 23.2 Å². The molecule has 1 N–H and O–H groups in total. The molecule has 0 aromatic heterocycles. The van der Waals surface area contributed by atoms with Gasteiger partial charge < -0.3 is 5.11 Å². The summed E-state index contributed by atoms with van der Waals surface area (Å²) >= 11 is 12.0. The van der Waals surface area contributed by atoms with Gasteiger partial charge in [0.2, 0.25) is 0 Å². The molecular weight excluding hydrogens is 219 g/mol. The molecule has 1 nitrogen and oxygen atoms in total. The molecule has 14 heavy (non-hydrogen) atoms. The van der Waals surface area contributed by atoms with E-state index in [1.54, 1.807) is 6.07 Å². The van der Waals surface area contributed by atoms with Crippen molar-refractivity contribution in [1.82, 2.24) is 0 Å². The van der Waals surface area contributed by atoms with Gasteiger partial charge >= 0.3 is 0 Å². The van der Waals surface area contributed by atoms with Gasteiger partial charge in [-0.1, -0.05) is 42.3 Å². The zero-order chi connectivity index (χ0) is 10.3. The summed E-state index contributed by atoms with van der Waals surface area (Å²) < 4.78 is 0. The number of aliphatic hydroxyl groups is 1. The van der Waals surface area contributed by atoms with E-state index in [-0.39, 0.29) is 5.92 Å². The summed E-state index contributed by atoms with van der Waals surface area (Å²) in [5.74, 6) is 0.262. The molecular formula is C11H12Cl2O. The molecule has 0 heterocycles. The lowest BCUT2D eigenvalue weighted by atomic mass is 9.67. The minimum atomic E-state index is -0.762. The third kappa shape index (κ3) is 1.35. The van der Waals surface area contributed by atoms with Crippen LogP contribution in [0.4, 0.5) is 0 Å². The van der Waals surface area contributed by atoms with Crippen molar-refractivity contribution in [3.05, 3.63) is 33.8 Å². The lowest BCUT2D eigenvalue weighted by Gasteiger charge is -2.44. The SMILES string of the molecule is CC1CCC1(O)c1cccc(Cl)c1Cl. The molecule has 2 unspecified atom stereocenters. The highest BCUT2D eigenvalue weighted by Crippen LogP contribution is 2.49. The largest absolute Gasteiger partial charge is 0.385 e. The summed E-state index contributed by atoms with van der Waals surface area (Å²) in [6.45, 7) is 2.03. The van der Waals surface area contributed by atoms with Crippen molar-refractivity contribution in [3.63, 3.8) is 0 Å². The maximum absolute atomic E-state index is 10.3. The minimum absolute atomic E-state index is 0.262. The first kappa shape index (κ1) is 10.3. The highest BCUT2D eigenvalue weighted by atomic mass is 35.5. The van der Waals surface area contributed by atoms with Crippen LogP contribution in [0, 0.1) is 5.92 Å².